The molecule has 0 spiro atoms. The molecular weight excluding hydrogens is 264 g/mol. The summed E-state index contributed by atoms with van der Waals surface area (Å²) in [5.41, 5.74) is 1.33. The van der Waals surface area contributed by atoms with Crippen LogP contribution in [0, 0.1) is 0 Å². The van der Waals surface area contributed by atoms with E-state index in [1.54, 1.807) is 0 Å². The van der Waals surface area contributed by atoms with Crippen molar-refractivity contribution in [1.82, 2.24) is 5.32 Å². The van der Waals surface area contributed by atoms with Crippen LogP contribution in [0.5, 0.6) is 0 Å². The quantitative estimate of drug-likeness (QED) is 0.897. The van der Waals surface area contributed by atoms with Gasteiger partial charge in [0.2, 0.25) is 0 Å². The summed E-state index contributed by atoms with van der Waals surface area (Å²) in [5.74, 6) is 0. The van der Waals surface area contributed by atoms with E-state index in [-0.39, 0.29) is 0 Å². The fourth-order valence-corrected chi connectivity index (χ4v) is 2.68. The van der Waals surface area contributed by atoms with E-state index >= 15 is 0 Å². The first-order valence-electron chi connectivity index (χ1n) is 5.96. The highest BCUT2D eigenvalue weighted by molar-refractivity contribution is 9.10. The molecule has 88 valence electrons. The summed E-state index contributed by atoms with van der Waals surface area (Å²) in [6.07, 6.45) is 1.19. The molecule has 1 N–H and O–H groups in total. The van der Waals surface area contributed by atoms with E-state index < -0.39 is 0 Å². The molecule has 1 fully saturated rings. The minimum atomic E-state index is 0.571. The predicted molar refractivity (Wildman–Crippen MR) is 73.0 cm³/mol. The molecule has 0 saturated carbocycles. The molecule has 0 radical (unpaired) electrons. The molecule has 0 aromatic heterocycles. The number of nitrogens with one attached hydrogen (secondary N) is 1. The van der Waals surface area contributed by atoms with E-state index in [9.17, 15) is 0 Å². The molecule has 0 aliphatic carbocycles. The molecule has 16 heavy (non-hydrogen) atoms. The number of halogens is 1. The molecule has 2 unspecified atom stereocenters. The van der Waals surface area contributed by atoms with E-state index in [2.05, 4.69) is 64.3 Å². The number of nitrogens with zero attached hydrogens (tertiary/aromatic N) is 1. The first kappa shape index (κ1) is 11.9. The van der Waals surface area contributed by atoms with Gasteiger partial charge in [-0.15, -0.1) is 0 Å². The van der Waals surface area contributed by atoms with Crippen molar-refractivity contribution in [3.63, 3.8) is 0 Å². The molecule has 0 bridgehead atoms. The van der Waals surface area contributed by atoms with Gasteiger partial charge in [0.25, 0.3) is 0 Å². The minimum absolute atomic E-state index is 0.571. The Morgan fingerprint density at radius 3 is 3.00 bits per heavy atom. The Kier molecular flexibility index (Phi) is 3.87. The maximum atomic E-state index is 3.54. The molecule has 2 nitrogen and oxygen atoms in total. The summed E-state index contributed by atoms with van der Waals surface area (Å²) >= 11 is 3.54. The number of hydrogen-bond acceptors (Lipinski definition) is 2. The molecule has 2 atom stereocenters. The fourth-order valence-electron chi connectivity index (χ4n) is 2.29. The number of benzene rings is 1. The Morgan fingerprint density at radius 1 is 1.50 bits per heavy atom. The van der Waals surface area contributed by atoms with E-state index in [0.29, 0.717) is 12.1 Å². The predicted octanol–water partition coefficient (Wildman–Crippen LogP) is 3.03. The van der Waals surface area contributed by atoms with E-state index in [4.69, 9.17) is 0 Å². The van der Waals surface area contributed by atoms with Crippen LogP contribution in [0.3, 0.4) is 0 Å². The van der Waals surface area contributed by atoms with Gasteiger partial charge in [-0.1, -0.05) is 28.9 Å². The monoisotopic (exact) mass is 282 g/mol. The zero-order valence-electron chi connectivity index (χ0n) is 9.91. The minimum Gasteiger partial charge on any atom is -0.366 e. The van der Waals surface area contributed by atoms with Crippen molar-refractivity contribution in [2.24, 2.45) is 0 Å². The SMILES string of the molecule is CCC1CNC(C)CN1c1cccc(Br)c1. The van der Waals surface area contributed by atoms with Gasteiger partial charge < -0.3 is 10.2 Å². The van der Waals surface area contributed by atoms with E-state index in [1.165, 1.54) is 12.1 Å². The summed E-state index contributed by atoms with van der Waals surface area (Å²) in [4.78, 5) is 2.52. The Morgan fingerprint density at radius 2 is 2.31 bits per heavy atom. The molecule has 2 rings (SSSR count). The summed E-state index contributed by atoms with van der Waals surface area (Å²) < 4.78 is 1.16. The van der Waals surface area contributed by atoms with Crippen molar-refractivity contribution < 1.29 is 0 Å². The van der Waals surface area contributed by atoms with Crippen molar-refractivity contribution in [1.29, 1.82) is 0 Å². The lowest BCUT2D eigenvalue weighted by atomic mass is 10.1. The third kappa shape index (κ3) is 2.58. The average molecular weight is 283 g/mol. The van der Waals surface area contributed by atoms with Gasteiger partial charge in [0.05, 0.1) is 0 Å². The van der Waals surface area contributed by atoms with Gasteiger partial charge in [-0.25, -0.2) is 0 Å². The highest BCUT2D eigenvalue weighted by Crippen LogP contribution is 2.24. The zero-order valence-corrected chi connectivity index (χ0v) is 11.5. The van der Waals surface area contributed by atoms with Crippen LogP contribution in [0.1, 0.15) is 20.3 Å². The Balaban J connectivity index is 2.22. The first-order chi connectivity index (χ1) is 7.70. The van der Waals surface area contributed by atoms with Crippen molar-refractivity contribution in [2.75, 3.05) is 18.0 Å². The third-order valence-electron chi connectivity index (χ3n) is 3.22. The highest BCUT2D eigenvalue weighted by Gasteiger charge is 2.24. The van der Waals surface area contributed by atoms with Gasteiger partial charge in [0.15, 0.2) is 0 Å². The van der Waals surface area contributed by atoms with Crippen molar-refractivity contribution in [2.45, 2.75) is 32.4 Å². The molecule has 1 saturated heterocycles. The smallest absolute Gasteiger partial charge is 0.0412 e. The maximum Gasteiger partial charge on any atom is 0.0412 e. The van der Waals surface area contributed by atoms with Gasteiger partial charge in [-0.3, -0.25) is 0 Å². The second-order valence-corrected chi connectivity index (χ2v) is 5.42. The van der Waals surface area contributed by atoms with Gasteiger partial charge in [-0.2, -0.15) is 0 Å². The normalized spacial score (nSPS) is 25.8. The standard InChI is InChI=1S/C13H19BrN2/c1-3-12-8-15-10(2)9-16(12)13-6-4-5-11(14)7-13/h4-7,10,12,15H,3,8-9H2,1-2H3. The van der Waals surface area contributed by atoms with Gasteiger partial charge >= 0.3 is 0 Å². The van der Waals surface area contributed by atoms with E-state index in [1.807, 2.05) is 0 Å². The molecule has 1 aromatic rings. The van der Waals surface area contributed by atoms with E-state index in [0.717, 1.165) is 17.6 Å². The van der Waals surface area contributed by atoms with Crippen LogP contribution in [-0.2, 0) is 0 Å². The van der Waals surface area contributed by atoms with Crippen LogP contribution >= 0.6 is 15.9 Å². The molecule has 3 heteroatoms. The Hall–Kier alpha value is -0.540. The highest BCUT2D eigenvalue weighted by atomic mass is 79.9. The van der Waals surface area contributed by atoms with Crippen LogP contribution in [0.15, 0.2) is 28.7 Å². The number of rotatable bonds is 2. The third-order valence-corrected chi connectivity index (χ3v) is 3.72. The second-order valence-electron chi connectivity index (χ2n) is 4.50. The number of hydrogen-bond donors (Lipinski definition) is 1. The number of piperazine rings is 1. The Bertz CT molecular complexity index is 354. The summed E-state index contributed by atoms with van der Waals surface area (Å²) in [6.45, 7) is 6.68. The van der Waals surface area contributed by atoms with Crippen molar-refractivity contribution >= 4 is 21.6 Å². The summed E-state index contributed by atoms with van der Waals surface area (Å²) in [5, 5.41) is 3.54. The molecule has 1 heterocycles. The van der Waals surface area contributed by atoms with Gasteiger partial charge in [0, 0.05) is 35.3 Å². The average Bonchev–Trinajstić information content (AvgIpc) is 2.29. The lowest BCUT2D eigenvalue weighted by Gasteiger charge is -2.40. The van der Waals surface area contributed by atoms with Crippen molar-refractivity contribution in [3.05, 3.63) is 28.7 Å². The van der Waals surface area contributed by atoms with Crippen LogP contribution in [0.2, 0.25) is 0 Å². The summed E-state index contributed by atoms with van der Waals surface area (Å²) in [6, 6.07) is 9.79. The largest absolute Gasteiger partial charge is 0.366 e. The van der Waals surface area contributed by atoms with Gasteiger partial charge in [-0.05, 0) is 31.5 Å². The Labute approximate surface area is 106 Å². The topological polar surface area (TPSA) is 15.3 Å². The zero-order chi connectivity index (χ0) is 11.5. The van der Waals surface area contributed by atoms with Crippen LogP contribution in [0.25, 0.3) is 0 Å². The van der Waals surface area contributed by atoms with Gasteiger partial charge in [0.1, 0.15) is 0 Å². The van der Waals surface area contributed by atoms with Crippen LogP contribution in [0.4, 0.5) is 5.69 Å². The van der Waals surface area contributed by atoms with Crippen LogP contribution < -0.4 is 10.2 Å². The second kappa shape index (κ2) is 5.19. The molecule has 1 aliphatic rings. The lowest BCUT2D eigenvalue weighted by Crippen LogP contribution is -2.55. The van der Waals surface area contributed by atoms with Crippen LogP contribution in [-0.4, -0.2) is 25.2 Å². The lowest BCUT2D eigenvalue weighted by molar-refractivity contribution is 0.402. The molecule has 1 aliphatic heterocycles. The molecular formula is C13H19BrN2. The molecule has 0 amide bonds. The molecule has 1 aromatic carbocycles. The fraction of sp³-hybridized carbons (Fsp3) is 0.538. The maximum absolute atomic E-state index is 3.54. The first-order valence-corrected chi connectivity index (χ1v) is 6.75. The summed E-state index contributed by atoms with van der Waals surface area (Å²) in [7, 11) is 0. The number of anilines is 1. The van der Waals surface area contributed by atoms with Crippen molar-refractivity contribution in [3.8, 4) is 0 Å².